The van der Waals surface area contributed by atoms with Crippen molar-refractivity contribution in [2.45, 2.75) is 31.2 Å². The van der Waals surface area contributed by atoms with E-state index in [1.165, 1.54) is 11.8 Å². The molecule has 0 aliphatic rings. The van der Waals surface area contributed by atoms with Crippen LogP contribution in [-0.4, -0.2) is 19.5 Å². The fraction of sp³-hybridized carbons (Fsp3) is 0.154. The van der Waals surface area contributed by atoms with Crippen molar-refractivity contribution >= 4 is 45.2 Å². The lowest BCUT2D eigenvalue weighted by Gasteiger charge is -2.18. The number of H-pyrrole nitrogens is 1. The van der Waals surface area contributed by atoms with Gasteiger partial charge in [0.25, 0.3) is 11.1 Å². The minimum atomic E-state index is -0.280. The van der Waals surface area contributed by atoms with Crippen molar-refractivity contribution in [1.29, 1.82) is 0 Å². The smallest absolute Gasteiger partial charge is 0.266 e. The second-order valence-corrected chi connectivity index (χ2v) is 9.89. The van der Waals surface area contributed by atoms with E-state index in [9.17, 15) is 9.59 Å². The van der Waals surface area contributed by atoms with Crippen LogP contribution in [0.25, 0.3) is 27.5 Å². The Kier molecular flexibility index (Phi) is 5.75. The van der Waals surface area contributed by atoms with Crippen molar-refractivity contribution in [1.82, 2.24) is 19.5 Å². The third kappa shape index (κ3) is 3.91. The molecule has 2 aromatic heterocycles. The molecule has 1 unspecified atom stereocenters. The number of para-hydroxylation sites is 1. The summed E-state index contributed by atoms with van der Waals surface area (Å²) in [7, 11) is 0. The van der Waals surface area contributed by atoms with Gasteiger partial charge >= 0.3 is 0 Å². The molecule has 0 spiro atoms. The van der Waals surface area contributed by atoms with Crippen LogP contribution < -0.4 is 11.1 Å². The topological polar surface area (TPSA) is 80.6 Å². The van der Waals surface area contributed by atoms with E-state index in [0.29, 0.717) is 37.8 Å². The lowest BCUT2D eigenvalue weighted by molar-refractivity contribution is 0.804. The zero-order chi connectivity index (χ0) is 24.0. The van der Waals surface area contributed by atoms with Gasteiger partial charge in [0.1, 0.15) is 5.82 Å². The van der Waals surface area contributed by atoms with Gasteiger partial charge in [0.2, 0.25) is 0 Å². The molecule has 0 radical (unpaired) electrons. The van der Waals surface area contributed by atoms with Crippen molar-refractivity contribution in [3.05, 3.63) is 103 Å². The van der Waals surface area contributed by atoms with Gasteiger partial charge in [0.05, 0.1) is 32.7 Å². The normalized spacial score (nSPS) is 12.4. The highest BCUT2D eigenvalue weighted by atomic mass is 35.5. The molecule has 170 valence electrons. The Bertz CT molecular complexity index is 1690. The van der Waals surface area contributed by atoms with Crippen LogP contribution >= 0.6 is 23.4 Å². The first kappa shape index (κ1) is 22.4. The molecule has 34 heavy (non-hydrogen) atoms. The maximum absolute atomic E-state index is 13.7. The number of fused-ring (bicyclic) bond motifs is 2. The molecule has 2 heterocycles. The molecule has 1 atom stereocenters. The van der Waals surface area contributed by atoms with E-state index in [1.807, 2.05) is 57.2 Å². The third-order valence-electron chi connectivity index (χ3n) is 5.92. The SMILES string of the molecule is Cc1cccc(-n2c(SC(C)c3nc4ccccc4c(=O)[nH]3)nc3cc(Cl)ccc3c2=O)c1C. The molecule has 5 aromatic rings. The fourth-order valence-corrected chi connectivity index (χ4v) is 5.06. The average molecular weight is 489 g/mol. The summed E-state index contributed by atoms with van der Waals surface area (Å²) in [6.45, 7) is 5.93. The highest BCUT2D eigenvalue weighted by Crippen LogP contribution is 2.34. The number of halogens is 1. The molecule has 0 aliphatic heterocycles. The molecule has 0 bridgehead atoms. The number of rotatable bonds is 4. The van der Waals surface area contributed by atoms with Crippen LogP contribution in [0.3, 0.4) is 0 Å². The van der Waals surface area contributed by atoms with Crippen molar-refractivity contribution in [2.24, 2.45) is 0 Å². The predicted octanol–water partition coefficient (Wildman–Crippen LogP) is 5.75. The molecular formula is C26H21ClN4O2S. The van der Waals surface area contributed by atoms with E-state index < -0.39 is 0 Å². The monoisotopic (exact) mass is 488 g/mol. The average Bonchev–Trinajstić information content (AvgIpc) is 2.81. The Morgan fingerprint density at radius 1 is 0.941 bits per heavy atom. The summed E-state index contributed by atoms with van der Waals surface area (Å²) in [5.41, 5.74) is 3.61. The minimum Gasteiger partial charge on any atom is -0.309 e. The molecule has 1 N–H and O–H groups in total. The van der Waals surface area contributed by atoms with Gasteiger partial charge in [-0.1, -0.05) is 47.6 Å². The number of benzene rings is 3. The number of aromatic amines is 1. The summed E-state index contributed by atoms with van der Waals surface area (Å²) in [4.78, 5) is 38.6. The van der Waals surface area contributed by atoms with Crippen LogP contribution in [-0.2, 0) is 0 Å². The maximum Gasteiger partial charge on any atom is 0.266 e. The summed E-state index contributed by atoms with van der Waals surface area (Å²) in [6.07, 6.45) is 0. The molecule has 3 aromatic carbocycles. The minimum absolute atomic E-state index is 0.176. The highest BCUT2D eigenvalue weighted by molar-refractivity contribution is 7.99. The van der Waals surface area contributed by atoms with Crippen molar-refractivity contribution < 1.29 is 0 Å². The predicted molar refractivity (Wildman–Crippen MR) is 138 cm³/mol. The molecule has 0 fully saturated rings. The number of thioether (sulfide) groups is 1. The molecule has 6 nitrogen and oxygen atoms in total. The first-order valence-corrected chi connectivity index (χ1v) is 12.0. The first-order valence-electron chi connectivity index (χ1n) is 10.8. The number of nitrogens with zero attached hydrogens (tertiary/aromatic N) is 3. The Labute approximate surface area is 204 Å². The number of hydrogen-bond donors (Lipinski definition) is 1. The molecular weight excluding hydrogens is 468 g/mol. The number of hydrogen-bond acceptors (Lipinski definition) is 5. The van der Waals surface area contributed by atoms with Crippen LogP contribution in [0, 0.1) is 13.8 Å². The van der Waals surface area contributed by atoms with Crippen LogP contribution in [0.2, 0.25) is 5.02 Å². The number of nitrogens with one attached hydrogen (secondary N) is 1. The maximum atomic E-state index is 13.7. The van der Waals surface area contributed by atoms with E-state index in [4.69, 9.17) is 16.6 Å². The van der Waals surface area contributed by atoms with Crippen molar-refractivity contribution in [2.75, 3.05) is 0 Å². The largest absolute Gasteiger partial charge is 0.309 e. The van der Waals surface area contributed by atoms with E-state index in [-0.39, 0.29) is 16.4 Å². The lowest BCUT2D eigenvalue weighted by atomic mass is 10.1. The summed E-state index contributed by atoms with van der Waals surface area (Å²) in [6, 6.07) is 18.2. The van der Waals surface area contributed by atoms with Gasteiger partial charge in [-0.3, -0.25) is 14.2 Å². The standard InChI is InChI=1S/C26H21ClN4O2S/c1-14-7-6-10-22(15(14)2)31-25(33)19-12-11-17(27)13-21(19)29-26(31)34-16(3)23-28-20-9-5-4-8-18(20)24(32)30-23/h4-13,16H,1-3H3,(H,28,30,32). The van der Waals surface area contributed by atoms with Crippen molar-refractivity contribution in [3.8, 4) is 5.69 Å². The third-order valence-corrected chi connectivity index (χ3v) is 7.21. The Hall–Kier alpha value is -3.42. The van der Waals surface area contributed by atoms with Crippen LogP contribution in [0.5, 0.6) is 0 Å². The van der Waals surface area contributed by atoms with E-state index >= 15 is 0 Å². The highest BCUT2D eigenvalue weighted by Gasteiger charge is 2.20. The Morgan fingerprint density at radius 3 is 2.56 bits per heavy atom. The van der Waals surface area contributed by atoms with Gasteiger partial charge in [0, 0.05) is 5.02 Å². The first-order chi connectivity index (χ1) is 16.3. The quantitative estimate of drug-likeness (QED) is 0.257. The fourth-order valence-electron chi connectivity index (χ4n) is 3.92. The summed E-state index contributed by atoms with van der Waals surface area (Å²) >= 11 is 7.56. The van der Waals surface area contributed by atoms with Gasteiger partial charge in [-0.2, -0.15) is 0 Å². The van der Waals surface area contributed by atoms with Gasteiger partial charge in [-0.15, -0.1) is 0 Å². The Balaban J connectivity index is 1.70. The van der Waals surface area contributed by atoms with Gasteiger partial charge in [-0.25, -0.2) is 9.97 Å². The van der Waals surface area contributed by atoms with Gasteiger partial charge < -0.3 is 4.98 Å². The molecule has 5 rings (SSSR count). The van der Waals surface area contributed by atoms with Crippen LogP contribution in [0.15, 0.2) is 75.4 Å². The summed E-state index contributed by atoms with van der Waals surface area (Å²) < 4.78 is 1.64. The summed E-state index contributed by atoms with van der Waals surface area (Å²) in [5.74, 6) is 0.515. The molecule has 0 amide bonds. The molecule has 8 heteroatoms. The second-order valence-electron chi connectivity index (χ2n) is 8.14. The zero-order valence-electron chi connectivity index (χ0n) is 18.8. The van der Waals surface area contributed by atoms with E-state index in [1.54, 1.807) is 28.8 Å². The molecule has 0 saturated carbocycles. The van der Waals surface area contributed by atoms with Gasteiger partial charge in [0.15, 0.2) is 5.16 Å². The lowest BCUT2D eigenvalue weighted by Crippen LogP contribution is -2.23. The number of aromatic nitrogens is 4. The number of aryl methyl sites for hydroxylation is 1. The molecule has 0 saturated heterocycles. The van der Waals surface area contributed by atoms with Gasteiger partial charge in [-0.05, 0) is 68.3 Å². The van der Waals surface area contributed by atoms with E-state index in [2.05, 4.69) is 9.97 Å². The second kappa shape index (κ2) is 8.74. The zero-order valence-corrected chi connectivity index (χ0v) is 20.4. The molecule has 0 aliphatic carbocycles. The Morgan fingerprint density at radius 2 is 1.74 bits per heavy atom. The summed E-state index contributed by atoms with van der Waals surface area (Å²) in [5, 5.41) is 1.75. The van der Waals surface area contributed by atoms with Crippen LogP contribution in [0.1, 0.15) is 29.1 Å². The van der Waals surface area contributed by atoms with E-state index in [0.717, 1.165) is 16.8 Å². The van der Waals surface area contributed by atoms with Crippen molar-refractivity contribution in [3.63, 3.8) is 0 Å². The van der Waals surface area contributed by atoms with Crippen LogP contribution in [0.4, 0.5) is 0 Å².